The van der Waals surface area contributed by atoms with E-state index in [2.05, 4.69) is 34.6 Å². The van der Waals surface area contributed by atoms with Crippen LogP contribution >= 0.6 is 0 Å². The molecule has 2 heterocycles. The Labute approximate surface area is 180 Å². The van der Waals surface area contributed by atoms with Crippen LogP contribution in [0.1, 0.15) is 25.7 Å². The fourth-order valence-corrected chi connectivity index (χ4v) is 3.44. The van der Waals surface area contributed by atoms with Crippen molar-refractivity contribution < 1.29 is 9.53 Å². The number of carbonyl (C=O) groups excluding carboxylic acids is 1. The zero-order valence-corrected chi connectivity index (χ0v) is 18.0. The summed E-state index contributed by atoms with van der Waals surface area (Å²) >= 11 is 0. The van der Waals surface area contributed by atoms with Crippen LogP contribution in [-0.2, 0) is 18.9 Å². The summed E-state index contributed by atoms with van der Waals surface area (Å²) in [6.45, 7) is 4.03. The zero-order chi connectivity index (χ0) is 22.0. The van der Waals surface area contributed by atoms with Gasteiger partial charge in [0.15, 0.2) is 6.61 Å². The standard InChI is InChI=1S/C22H25N7O2/c1-14(2)20(22-23-17-7-5-6-8-18(17)28(22)3)24-19(30)13-31-16-11-9-15(10-12-16)21-25-27-29(4)26-21/h5-12,14,20H,13H2,1-4H3,(H,24,30). The summed E-state index contributed by atoms with van der Waals surface area (Å²) in [5.74, 6) is 1.91. The summed E-state index contributed by atoms with van der Waals surface area (Å²) in [7, 11) is 3.68. The zero-order valence-electron chi connectivity index (χ0n) is 18.0. The second-order valence-corrected chi connectivity index (χ2v) is 7.72. The van der Waals surface area contributed by atoms with Crippen LogP contribution in [0.4, 0.5) is 0 Å². The van der Waals surface area contributed by atoms with Crippen LogP contribution in [0.2, 0.25) is 0 Å². The molecule has 1 unspecified atom stereocenters. The number of para-hydroxylation sites is 2. The average molecular weight is 419 g/mol. The average Bonchev–Trinajstić information content (AvgIpc) is 3.34. The Kier molecular flexibility index (Phi) is 5.66. The molecule has 9 nitrogen and oxygen atoms in total. The molecular formula is C22H25N7O2. The number of imidazole rings is 1. The maximum Gasteiger partial charge on any atom is 0.258 e. The Morgan fingerprint density at radius 3 is 2.48 bits per heavy atom. The van der Waals surface area contributed by atoms with Gasteiger partial charge in [-0.2, -0.15) is 4.80 Å². The van der Waals surface area contributed by atoms with Crippen LogP contribution in [0.5, 0.6) is 5.75 Å². The maximum atomic E-state index is 12.6. The summed E-state index contributed by atoms with van der Waals surface area (Å²) < 4.78 is 7.70. The van der Waals surface area contributed by atoms with Crippen LogP contribution in [0.15, 0.2) is 48.5 Å². The fraction of sp³-hybridized carbons (Fsp3) is 0.318. The number of benzene rings is 2. The van der Waals surface area contributed by atoms with E-state index in [9.17, 15) is 4.79 Å². The Hall–Kier alpha value is -3.75. The smallest absolute Gasteiger partial charge is 0.258 e. The second kappa shape index (κ2) is 8.55. The third-order valence-electron chi connectivity index (χ3n) is 5.07. The number of amides is 1. The normalized spacial score (nSPS) is 12.3. The van der Waals surface area contributed by atoms with E-state index >= 15 is 0 Å². The highest BCUT2D eigenvalue weighted by molar-refractivity contribution is 5.79. The molecule has 4 aromatic rings. The minimum Gasteiger partial charge on any atom is -0.484 e. The highest BCUT2D eigenvalue weighted by Gasteiger charge is 2.24. The highest BCUT2D eigenvalue weighted by atomic mass is 16.5. The molecule has 0 saturated carbocycles. The number of aromatic nitrogens is 6. The van der Waals surface area contributed by atoms with Crippen LogP contribution in [0.3, 0.4) is 0 Å². The van der Waals surface area contributed by atoms with Gasteiger partial charge in [0, 0.05) is 12.6 Å². The van der Waals surface area contributed by atoms with Crippen molar-refractivity contribution in [1.29, 1.82) is 0 Å². The van der Waals surface area contributed by atoms with Crippen LogP contribution < -0.4 is 10.1 Å². The molecule has 0 spiro atoms. The molecule has 0 aliphatic rings. The monoisotopic (exact) mass is 419 g/mol. The predicted octanol–water partition coefficient (Wildman–Crippen LogP) is 2.66. The van der Waals surface area contributed by atoms with E-state index in [0.29, 0.717) is 11.6 Å². The van der Waals surface area contributed by atoms with Gasteiger partial charge in [0.25, 0.3) is 5.91 Å². The van der Waals surface area contributed by atoms with Gasteiger partial charge < -0.3 is 14.6 Å². The molecule has 0 saturated heterocycles. The minimum absolute atomic E-state index is 0.0874. The van der Waals surface area contributed by atoms with Crippen molar-refractivity contribution in [2.75, 3.05) is 6.61 Å². The van der Waals surface area contributed by atoms with Gasteiger partial charge in [0.05, 0.1) is 24.1 Å². The van der Waals surface area contributed by atoms with Crippen molar-refractivity contribution in [2.45, 2.75) is 19.9 Å². The molecule has 160 valence electrons. The fourth-order valence-electron chi connectivity index (χ4n) is 3.44. The molecule has 2 aromatic heterocycles. The molecule has 31 heavy (non-hydrogen) atoms. The van der Waals surface area contributed by atoms with Crippen LogP contribution in [0, 0.1) is 5.92 Å². The van der Waals surface area contributed by atoms with Gasteiger partial charge in [-0.25, -0.2) is 4.98 Å². The lowest BCUT2D eigenvalue weighted by atomic mass is 10.0. The number of nitrogens with one attached hydrogen (secondary N) is 1. The number of rotatable bonds is 7. The molecule has 9 heteroatoms. The molecular weight excluding hydrogens is 394 g/mol. The highest BCUT2D eigenvalue weighted by Crippen LogP contribution is 2.25. The van der Waals surface area contributed by atoms with E-state index < -0.39 is 0 Å². The van der Waals surface area contributed by atoms with E-state index in [-0.39, 0.29) is 24.5 Å². The molecule has 1 atom stereocenters. The van der Waals surface area contributed by atoms with Crippen molar-refractivity contribution >= 4 is 16.9 Å². The summed E-state index contributed by atoms with van der Waals surface area (Å²) in [5, 5.41) is 15.0. The third kappa shape index (κ3) is 4.40. The molecule has 0 bridgehead atoms. The van der Waals surface area contributed by atoms with E-state index in [1.165, 1.54) is 4.80 Å². The molecule has 2 aromatic carbocycles. The maximum absolute atomic E-state index is 12.6. The molecule has 0 radical (unpaired) electrons. The Balaban J connectivity index is 1.41. The molecule has 0 aliphatic heterocycles. The largest absolute Gasteiger partial charge is 0.484 e. The summed E-state index contributed by atoms with van der Waals surface area (Å²) in [6, 6.07) is 14.9. The molecule has 1 N–H and O–H groups in total. The van der Waals surface area contributed by atoms with Gasteiger partial charge in [-0.3, -0.25) is 4.79 Å². The van der Waals surface area contributed by atoms with Crippen molar-refractivity contribution in [3.05, 3.63) is 54.4 Å². The van der Waals surface area contributed by atoms with Gasteiger partial charge in [-0.15, -0.1) is 10.2 Å². The van der Waals surface area contributed by atoms with Crippen LogP contribution in [-0.4, -0.2) is 42.3 Å². The number of nitrogens with zero attached hydrogens (tertiary/aromatic N) is 6. The number of fused-ring (bicyclic) bond motifs is 1. The van der Waals surface area contributed by atoms with E-state index in [1.54, 1.807) is 19.2 Å². The van der Waals surface area contributed by atoms with Crippen LogP contribution in [0.25, 0.3) is 22.4 Å². The Morgan fingerprint density at radius 1 is 1.10 bits per heavy atom. The number of ether oxygens (including phenoxy) is 1. The first kappa shape index (κ1) is 20.5. The van der Waals surface area contributed by atoms with Gasteiger partial charge in [-0.1, -0.05) is 26.0 Å². The number of tetrazole rings is 1. The first-order chi connectivity index (χ1) is 14.9. The molecule has 0 aliphatic carbocycles. The van der Waals surface area contributed by atoms with E-state index in [0.717, 1.165) is 22.4 Å². The lowest BCUT2D eigenvalue weighted by Crippen LogP contribution is -2.36. The third-order valence-corrected chi connectivity index (χ3v) is 5.07. The second-order valence-electron chi connectivity index (χ2n) is 7.72. The summed E-state index contributed by atoms with van der Waals surface area (Å²) in [5.41, 5.74) is 2.77. The number of aryl methyl sites for hydroxylation is 2. The van der Waals surface area contributed by atoms with Crippen molar-refractivity contribution in [3.8, 4) is 17.1 Å². The SMILES string of the molecule is CC(C)C(NC(=O)COc1ccc(-c2nnn(C)n2)cc1)c1nc2ccccc2n1C. The number of hydrogen-bond donors (Lipinski definition) is 1. The van der Waals surface area contributed by atoms with Crippen molar-refractivity contribution in [3.63, 3.8) is 0 Å². The topological polar surface area (TPSA) is 99.8 Å². The lowest BCUT2D eigenvalue weighted by Gasteiger charge is -2.22. The molecule has 4 rings (SSSR count). The van der Waals surface area contributed by atoms with E-state index in [4.69, 9.17) is 9.72 Å². The number of hydrogen-bond acceptors (Lipinski definition) is 6. The quantitative estimate of drug-likeness (QED) is 0.494. The Bertz CT molecular complexity index is 1190. The summed E-state index contributed by atoms with van der Waals surface area (Å²) in [4.78, 5) is 18.8. The molecule has 0 fully saturated rings. The predicted molar refractivity (Wildman–Crippen MR) is 116 cm³/mol. The van der Waals surface area contributed by atoms with E-state index in [1.807, 2.05) is 48.0 Å². The van der Waals surface area contributed by atoms with Gasteiger partial charge in [0.2, 0.25) is 5.82 Å². The van der Waals surface area contributed by atoms with Crippen molar-refractivity contribution in [2.24, 2.45) is 20.0 Å². The first-order valence-corrected chi connectivity index (χ1v) is 10.1. The molecule has 1 amide bonds. The summed E-state index contributed by atoms with van der Waals surface area (Å²) in [6.07, 6.45) is 0. The minimum atomic E-state index is -0.224. The van der Waals surface area contributed by atoms with Gasteiger partial charge in [-0.05, 0) is 47.5 Å². The lowest BCUT2D eigenvalue weighted by molar-refractivity contribution is -0.124. The van der Waals surface area contributed by atoms with Gasteiger partial charge in [0.1, 0.15) is 11.6 Å². The first-order valence-electron chi connectivity index (χ1n) is 10.1. The number of carbonyl (C=O) groups is 1. The Morgan fingerprint density at radius 2 is 1.84 bits per heavy atom. The van der Waals surface area contributed by atoms with Crippen molar-refractivity contribution in [1.82, 2.24) is 35.1 Å². The van der Waals surface area contributed by atoms with Gasteiger partial charge >= 0.3 is 0 Å².